The van der Waals surface area contributed by atoms with Crippen molar-refractivity contribution in [2.45, 2.75) is 45.6 Å². The number of ether oxygens (including phenoxy) is 1. The van der Waals surface area contributed by atoms with Crippen LogP contribution in [0.25, 0.3) is 0 Å². The number of pyridine rings is 1. The smallest absolute Gasteiger partial charge is 0.250 e. The molecule has 0 radical (unpaired) electrons. The third-order valence-electron chi connectivity index (χ3n) is 2.64. The zero-order valence-corrected chi connectivity index (χ0v) is 10.4. The molecule has 0 spiro atoms. The van der Waals surface area contributed by atoms with Crippen LogP contribution in [0.15, 0.2) is 12.3 Å². The average Bonchev–Trinajstić information content (AvgIpc) is 2.35. The molecule has 96 valence electrons. The van der Waals surface area contributed by atoms with Gasteiger partial charge in [-0.1, -0.05) is 32.6 Å². The Balaban J connectivity index is 2.31. The molecular formula is C13H21FN2O. The Bertz CT molecular complexity index is 331. The molecule has 0 saturated heterocycles. The second-order valence-electron chi connectivity index (χ2n) is 4.06. The van der Waals surface area contributed by atoms with Crippen molar-refractivity contribution >= 4 is 0 Å². The number of unbranched alkanes of at least 4 members (excludes halogenated alkanes) is 4. The van der Waals surface area contributed by atoms with E-state index in [0.717, 1.165) is 12.8 Å². The van der Waals surface area contributed by atoms with Crippen LogP contribution < -0.4 is 10.5 Å². The average molecular weight is 240 g/mol. The van der Waals surface area contributed by atoms with Gasteiger partial charge in [0.2, 0.25) is 0 Å². The summed E-state index contributed by atoms with van der Waals surface area (Å²) in [6.45, 7) is 2.86. The Hall–Kier alpha value is -1.16. The van der Waals surface area contributed by atoms with Gasteiger partial charge in [0.1, 0.15) is 0 Å². The monoisotopic (exact) mass is 240 g/mol. The van der Waals surface area contributed by atoms with E-state index in [1.807, 2.05) is 0 Å². The van der Waals surface area contributed by atoms with Gasteiger partial charge in [-0.25, -0.2) is 9.37 Å². The molecule has 2 N–H and O–H groups in total. The van der Waals surface area contributed by atoms with Gasteiger partial charge in [-0.3, -0.25) is 0 Å². The maximum atomic E-state index is 13.6. The van der Waals surface area contributed by atoms with E-state index >= 15 is 0 Å². The summed E-state index contributed by atoms with van der Waals surface area (Å²) in [6.07, 6.45) is 7.25. The van der Waals surface area contributed by atoms with E-state index in [9.17, 15) is 4.39 Å². The van der Waals surface area contributed by atoms with Gasteiger partial charge in [0.05, 0.1) is 6.61 Å². The third kappa shape index (κ3) is 4.69. The molecule has 0 bridgehead atoms. The largest absolute Gasteiger partial charge is 0.476 e. The number of halogens is 1. The first kappa shape index (κ1) is 13.9. The summed E-state index contributed by atoms with van der Waals surface area (Å²) in [6, 6.07) is 1.57. The van der Waals surface area contributed by atoms with Gasteiger partial charge < -0.3 is 10.5 Å². The van der Waals surface area contributed by atoms with Crippen molar-refractivity contribution in [2.24, 2.45) is 5.73 Å². The second-order valence-corrected chi connectivity index (χ2v) is 4.06. The Kier molecular flexibility index (Phi) is 6.55. The number of nitrogens with zero attached hydrogens (tertiary/aromatic N) is 1. The van der Waals surface area contributed by atoms with Gasteiger partial charge in [-0.15, -0.1) is 0 Å². The molecule has 0 aliphatic rings. The van der Waals surface area contributed by atoms with Crippen LogP contribution >= 0.6 is 0 Å². The van der Waals surface area contributed by atoms with Crippen LogP contribution in [0.2, 0.25) is 0 Å². The Morgan fingerprint density at radius 1 is 1.29 bits per heavy atom. The van der Waals surface area contributed by atoms with Crippen molar-refractivity contribution in [2.75, 3.05) is 6.61 Å². The van der Waals surface area contributed by atoms with E-state index in [0.29, 0.717) is 12.2 Å². The molecule has 17 heavy (non-hydrogen) atoms. The highest BCUT2D eigenvalue weighted by Gasteiger charge is 2.08. The standard InChI is InChI=1S/C13H21FN2O/c1-2-3-4-5-6-9-17-13-12(14)11(10-15)7-8-16-13/h7-8H,2-6,9-10,15H2,1H3. The predicted octanol–water partition coefficient (Wildman–Crippen LogP) is 3.03. The first-order valence-corrected chi connectivity index (χ1v) is 6.25. The minimum absolute atomic E-state index is 0.0726. The van der Waals surface area contributed by atoms with E-state index < -0.39 is 5.82 Å². The van der Waals surface area contributed by atoms with Crippen LogP contribution in [0, 0.1) is 5.82 Å². The van der Waals surface area contributed by atoms with Gasteiger partial charge >= 0.3 is 0 Å². The molecule has 1 rings (SSSR count). The predicted molar refractivity (Wildman–Crippen MR) is 66.3 cm³/mol. The summed E-state index contributed by atoms with van der Waals surface area (Å²) >= 11 is 0. The molecule has 0 amide bonds. The quantitative estimate of drug-likeness (QED) is 0.710. The van der Waals surface area contributed by atoms with Crippen molar-refractivity contribution in [1.82, 2.24) is 4.98 Å². The maximum Gasteiger partial charge on any atom is 0.250 e. The lowest BCUT2D eigenvalue weighted by Crippen LogP contribution is -2.06. The lowest BCUT2D eigenvalue weighted by Gasteiger charge is -2.07. The normalized spacial score (nSPS) is 10.5. The fourth-order valence-electron chi connectivity index (χ4n) is 1.59. The molecular weight excluding hydrogens is 219 g/mol. The van der Waals surface area contributed by atoms with E-state index in [-0.39, 0.29) is 12.4 Å². The summed E-state index contributed by atoms with van der Waals surface area (Å²) < 4.78 is 19.0. The van der Waals surface area contributed by atoms with E-state index in [1.54, 1.807) is 6.07 Å². The van der Waals surface area contributed by atoms with Crippen LogP contribution in [-0.2, 0) is 6.54 Å². The van der Waals surface area contributed by atoms with E-state index in [1.165, 1.54) is 25.5 Å². The molecule has 0 saturated carbocycles. The van der Waals surface area contributed by atoms with Gasteiger partial charge in [0, 0.05) is 18.3 Å². The van der Waals surface area contributed by atoms with Gasteiger partial charge in [-0.2, -0.15) is 0 Å². The Morgan fingerprint density at radius 2 is 2.06 bits per heavy atom. The molecule has 0 aromatic carbocycles. The number of hydrogen-bond acceptors (Lipinski definition) is 3. The van der Waals surface area contributed by atoms with Gasteiger partial charge in [0.15, 0.2) is 5.82 Å². The molecule has 0 fully saturated rings. The number of nitrogens with two attached hydrogens (primary N) is 1. The molecule has 4 heteroatoms. The van der Waals surface area contributed by atoms with Crippen LogP contribution in [-0.4, -0.2) is 11.6 Å². The second kappa shape index (κ2) is 8.01. The van der Waals surface area contributed by atoms with Crippen molar-refractivity contribution < 1.29 is 9.13 Å². The lowest BCUT2D eigenvalue weighted by atomic mass is 10.2. The first-order valence-electron chi connectivity index (χ1n) is 6.25. The maximum absolute atomic E-state index is 13.6. The fraction of sp³-hybridized carbons (Fsp3) is 0.615. The minimum Gasteiger partial charge on any atom is -0.476 e. The Morgan fingerprint density at radius 3 is 2.76 bits per heavy atom. The molecule has 0 unspecified atom stereocenters. The van der Waals surface area contributed by atoms with Crippen LogP contribution in [0.4, 0.5) is 4.39 Å². The van der Waals surface area contributed by atoms with Crippen molar-refractivity contribution in [1.29, 1.82) is 0 Å². The fourth-order valence-corrected chi connectivity index (χ4v) is 1.59. The molecule has 0 atom stereocenters. The number of hydrogen-bond donors (Lipinski definition) is 1. The Labute approximate surface area is 102 Å². The van der Waals surface area contributed by atoms with Crippen LogP contribution in [0.3, 0.4) is 0 Å². The highest BCUT2D eigenvalue weighted by Crippen LogP contribution is 2.17. The minimum atomic E-state index is -0.427. The van der Waals surface area contributed by atoms with Gasteiger partial charge in [0.25, 0.3) is 5.88 Å². The molecule has 1 heterocycles. The highest BCUT2D eigenvalue weighted by atomic mass is 19.1. The zero-order chi connectivity index (χ0) is 12.5. The summed E-state index contributed by atoms with van der Waals surface area (Å²) in [5.41, 5.74) is 5.85. The van der Waals surface area contributed by atoms with Gasteiger partial charge in [-0.05, 0) is 12.5 Å². The van der Waals surface area contributed by atoms with Crippen LogP contribution in [0.5, 0.6) is 5.88 Å². The van der Waals surface area contributed by atoms with Crippen LogP contribution in [0.1, 0.15) is 44.6 Å². The molecule has 0 aliphatic carbocycles. The number of rotatable bonds is 8. The SMILES string of the molecule is CCCCCCCOc1nccc(CN)c1F. The van der Waals surface area contributed by atoms with Crippen molar-refractivity contribution in [3.63, 3.8) is 0 Å². The van der Waals surface area contributed by atoms with E-state index in [4.69, 9.17) is 10.5 Å². The molecule has 3 nitrogen and oxygen atoms in total. The summed E-state index contributed by atoms with van der Waals surface area (Å²) in [5.74, 6) is -0.355. The zero-order valence-electron chi connectivity index (χ0n) is 10.4. The summed E-state index contributed by atoms with van der Waals surface area (Å²) in [7, 11) is 0. The first-order chi connectivity index (χ1) is 8.29. The van der Waals surface area contributed by atoms with Crippen molar-refractivity contribution in [3.8, 4) is 5.88 Å². The summed E-state index contributed by atoms with van der Waals surface area (Å²) in [4.78, 5) is 3.87. The topological polar surface area (TPSA) is 48.1 Å². The third-order valence-corrected chi connectivity index (χ3v) is 2.64. The summed E-state index contributed by atoms with van der Waals surface area (Å²) in [5, 5.41) is 0. The van der Waals surface area contributed by atoms with Crippen molar-refractivity contribution in [3.05, 3.63) is 23.6 Å². The van der Waals surface area contributed by atoms with E-state index in [2.05, 4.69) is 11.9 Å². The highest BCUT2D eigenvalue weighted by molar-refractivity contribution is 5.23. The molecule has 1 aromatic heterocycles. The molecule has 0 aliphatic heterocycles. The number of aromatic nitrogens is 1. The lowest BCUT2D eigenvalue weighted by molar-refractivity contribution is 0.277. The molecule has 1 aromatic rings.